The molecular weight excluding hydrogens is 827 g/mol. The molecule has 3 aliphatic rings. The minimum absolute atomic E-state index is 0.146. The van der Waals surface area contributed by atoms with Crippen LogP contribution < -0.4 is 10.6 Å². The van der Waals surface area contributed by atoms with E-state index in [9.17, 15) is 19.2 Å². The van der Waals surface area contributed by atoms with Crippen LogP contribution in [0, 0.1) is 0 Å². The monoisotopic (exact) mass is 894 g/mol. The van der Waals surface area contributed by atoms with Crippen LogP contribution in [-0.4, -0.2) is 138 Å². The maximum atomic E-state index is 13.4. The number of rotatable bonds is 17. The Hall–Kier alpha value is -5.84. The number of anilines is 2. The lowest BCUT2D eigenvalue weighted by molar-refractivity contribution is 0.00989. The number of ether oxygens (including phenoxy) is 2. The number of nitrogens with zero attached hydrogens (tertiary/aromatic N) is 9. The predicted molar refractivity (Wildman–Crippen MR) is 249 cm³/mol. The average Bonchev–Trinajstić information content (AvgIpc) is 3.82. The number of aryl methyl sites for hydroxylation is 1. The first kappa shape index (κ1) is 47.1. The van der Waals surface area contributed by atoms with E-state index in [1.165, 1.54) is 11.3 Å². The molecule has 1 saturated heterocycles. The maximum Gasteiger partial charge on any atom is 0.410 e. The number of fused-ring (bicyclic) bond motifs is 2. The van der Waals surface area contributed by atoms with Gasteiger partial charge in [-0.3, -0.25) is 19.2 Å². The quantitative estimate of drug-likeness (QED) is 0.0991. The molecule has 65 heavy (non-hydrogen) atoms. The van der Waals surface area contributed by atoms with Crippen molar-refractivity contribution in [1.29, 1.82) is 0 Å². The van der Waals surface area contributed by atoms with Gasteiger partial charge in [0.25, 0.3) is 11.8 Å². The first-order valence-corrected chi connectivity index (χ1v) is 23.4. The number of hydrogen-bond donors (Lipinski definition) is 2. The van der Waals surface area contributed by atoms with Crippen LogP contribution in [0.4, 0.5) is 21.4 Å². The fourth-order valence-corrected chi connectivity index (χ4v) is 8.75. The first-order valence-electron chi connectivity index (χ1n) is 23.4. The molecule has 0 atom stereocenters. The molecule has 0 bridgehead atoms. The van der Waals surface area contributed by atoms with Gasteiger partial charge in [0.05, 0.1) is 29.4 Å². The number of carbonyl (C=O) groups excluding carboxylic acids is 4. The molecule has 2 fully saturated rings. The number of para-hydroxylation sites is 1. The van der Waals surface area contributed by atoms with Crippen LogP contribution in [-0.2, 0) is 22.6 Å². The molecule has 4 amide bonds. The fraction of sp³-hybridized carbons (Fsp3) is 0.583. The highest BCUT2D eigenvalue weighted by atomic mass is 16.6. The van der Waals surface area contributed by atoms with Crippen LogP contribution in [0.1, 0.15) is 126 Å². The molecule has 350 valence electrons. The molecule has 2 N–H and O–H groups in total. The number of likely N-dealkylation sites (tertiary alicyclic amines) is 1. The SMILES string of the molecule is CC(C)(C)OC(=O)N(CCCN(C(=O)OC(C)(C)C)C1CCCCC1)CCCn1cc(CNc2nc(NC3CCN(CCN4C(=O)c5ccccc5C4=O)CC3)c3ccccc3n2)nn1. The summed E-state index contributed by atoms with van der Waals surface area (Å²) >= 11 is 0. The Labute approximate surface area is 382 Å². The number of nitrogens with one attached hydrogen (secondary N) is 2. The molecular formula is C48H67N11O6. The third-order valence-electron chi connectivity index (χ3n) is 12.0. The molecule has 4 aromatic rings. The summed E-state index contributed by atoms with van der Waals surface area (Å²) < 4.78 is 13.4. The summed E-state index contributed by atoms with van der Waals surface area (Å²) in [6.45, 7) is 16.2. The summed E-state index contributed by atoms with van der Waals surface area (Å²) in [5.74, 6) is 0.801. The number of benzene rings is 2. The molecule has 0 spiro atoms. The Bertz CT molecular complexity index is 2240. The minimum Gasteiger partial charge on any atom is -0.444 e. The van der Waals surface area contributed by atoms with Crippen LogP contribution in [0.3, 0.4) is 0 Å². The molecule has 2 aromatic carbocycles. The summed E-state index contributed by atoms with van der Waals surface area (Å²) in [5, 5.41) is 16.7. The Morgan fingerprint density at radius 3 is 2.09 bits per heavy atom. The Morgan fingerprint density at radius 1 is 0.754 bits per heavy atom. The Morgan fingerprint density at radius 2 is 1.40 bits per heavy atom. The third kappa shape index (κ3) is 12.9. The molecule has 7 rings (SSSR count). The zero-order valence-corrected chi connectivity index (χ0v) is 39.1. The maximum absolute atomic E-state index is 13.4. The van der Waals surface area contributed by atoms with E-state index >= 15 is 0 Å². The second-order valence-corrected chi connectivity index (χ2v) is 19.4. The lowest BCUT2D eigenvalue weighted by Crippen LogP contribution is -2.46. The molecule has 1 aliphatic carbocycles. The summed E-state index contributed by atoms with van der Waals surface area (Å²) in [4.78, 5) is 69.3. The standard InChI is InChI=1S/C48H67N11O6/c1-47(2,3)64-45(62)56(25-15-27-58(36-16-8-7-9-17-36)46(63)65-48(4,5)6)24-14-26-57-33-35(53-54-57)32-49-44-51-40-21-13-12-20-39(40)41(52-44)50-34-22-28-55(29-23-34)30-31-59-42(60)37-18-10-11-19-38(37)43(59)61/h10-13,18-21,33-34,36H,7-9,14-17,22-32H2,1-6H3,(H2,49,50,51,52). The predicted octanol–water partition coefficient (Wildman–Crippen LogP) is 7.59. The second kappa shape index (κ2) is 21.0. The van der Waals surface area contributed by atoms with Crippen molar-refractivity contribution in [2.45, 2.75) is 136 Å². The molecule has 17 nitrogen and oxygen atoms in total. The zero-order valence-electron chi connectivity index (χ0n) is 39.1. The number of imide groups is 1. The van der Waals surface area contributed by atoms with Gasteiger partial charge in [0, 0.05) is 69.8 Å². The molecule has 17 heteroatoms. The van der Waals surface area contributed by atoms with Crippen molar-refractivity contribution in [3.8, 4) is 0 Å². The molecule has 0 radical (unpaired) electrons. The van der Waals surface area contributed by atoms with E-state index in [4.69, 9.17) is 19.4 Å². The van der Waals surface area contributed by atoms with Crippen molar-refractivity contribution in [3.63, 3.8) is 0 Å². The number of piperidine rings is 1. The van der Waals surface area contributed by atoms with Gasteiger partial charge in [-0.1, -0.05) is 48.7 Å². The van der Waals surface area contributed by atoms with Gasteiger partial charge in [-0.15, -0.1) is 5.10 Å². The average molecular weight is 894 g/mol. The summed E-state index contributed by atoms with van der Waals surface area (Å²) in [6, 6.07) is 15.3. The van der Waals surface area contributed by atoms with Gasteiger partial charge in [-0.25, -0.2) is 14.6 Å². The van der Waals surface area contributed by atoms with Crippen LogP contribution in [0.2, 0.25) is 0 Å². The van der Waals surface area contributed by atoms with Crippen molar-refractivity contribution in [2.75, 3.05) is 56.4 Å². The smallest absolute Gasteiger partial charge is 0.410 e. The number of aromatic nitrogens is 5. The van der Waals surface area contributed by atoms with Crippen molar-refractivity contribution in [2.24, 2.45) is 0 Å². The van der Waals surface area contributed by atoms with Gasteiger partial charge >= 0.3 is 12.2 Å². The van der Waals surface area contributed by atoms with Crippen LogP contribution in [0.5, 0.6) is 0 Å². The van der Waals surface area contributed by atoms with Gasteiger partial charge in [-0.2, -0.15) is 4.98 Å². The van der Waals surface area contributed by atoms with E-state index in [0.29, 0.717) is 75.7 Å². The van der Waals surface area contributed by atoms with E-state index in [0.717, 1.165) is 74.0 Å². The van der Waals surface area contributed by atoms with Gasteiger partial charge in [0.1, 0.15) is 22.7 Å². The number of amides is 4. The Kier molecular flexibility index (Phi) is 15.2. The normalized spacial score (nSPS) is 16.4. The van der Waals surface area contributed by atoms with Gasteiger partial charge in [-0.05, 0) is 104 Å². The minimum atomic E-state index is -0.645. The number of carbonyl (C=O) groups is 4. The second-order valence-electron chi connectivity index (χ2n) is 19.4. The highest BCUT2D eigenvalue weighted by Crippen LogP contribution is 2.27. The van der Waals surface area contributed by atoms with Crippen LogP contribution in [0.15, 0.2) is 54.7 Å². The zero-order chi connectivity index (χ0) is 46.1. The van der Waals surface area contributed by atoms with Crippen LogP contribution in [0.25, 0.3) is 10.9 Å². The lowest BCUT2D eigenvalue weighted by Gasteiger charge is -2.36. The highest BCUT2D eigenvalue weighted by Gasteiger charge is 2.35. The van der Waals surface area contributed by atoms with Crippen molar-refractivity contribution < 1.29 is 28.7 Å². The fourth-order valence-electron chi connectivity index (χ4n) is 8.75. The summed E-state index contributed by atoms with van der Waals surface area (Å²) in [6.07, 6.45) is 9.52. The molecule has 4 heterocycles. The van der Waals surface area contributed by atoms with Crippen molar-refractivity contribution >= 4 is 46.7 Å². The summed E-state index contributed by atoms with van der Waals surface area (Å²) in [5.41, 5.74) is 1.27. The molecule has 2 aliphatic heterocycles. The highest BCUT2D eigenvalue weighted by molar-refractivity contribution is 6.21. The molecule has 2 aromatic heterocycles. The largest absolute Gasteiger partial charge is 0.444 e. The lowest BCUT2D eigenvalue weighted by atomic mass is 9.94. The van der Waals surface area contributed by atoms with Gasteiger partial charge in [0.15, 0.2) is 0 Å². The van der Waals surface area contributed by atoms with Gasteiger partial charge < -0.3 is 34.8 Å². The van der Waals surface area contributed by atoms with Crippen molar-refractivity contribution in [1.82, 2.24) is 44.6 Å². The number of hydrogen-bond acceptors (Lipinski definition) is 13. The van der Waals surface area contributed by atoms with Crippen molar-refractivity contribution in [3.05, 3.63) is 71.5 Å². The third-order valence-corrected chi connectivity index (χ3v) is 12.0. The van der Waals surface area contributed by atoms with E-state index in [1.807, 2.05) is 76.9 Å². The van der Waals surface area contributed by atoms with E-state index < -0.39 is 11.2 Å². The topological polar surface area (TPSA) is 180 Å². The Balaban J connectivity index is 0.895. The summed E-state index contributed by atoms with van der Waals surface area (Å²) in [7, 11) is 0. The van der Waals surface area contributed by atoms with E-state index in [-0.39, 0.29) is 36.1 Å². The van der Waals surface area contributed by atoms with Crippen LogP contribution >= 0.6 is 0 Å². The molecule has 1 saturated carbocycles. The van der Waals surface area contributed by atoms with E-state index in [2.05, 4.69) is 25.8 Å². The van der Waals surface area contributed by atoms with E-state index in [1.54, 1.807) is 33.8 Å². The molecule has 0 unspecified atom stereocenters. The van der Waals surface area contributed by atoms with Gasteiger partial charge in [0.2, 0.25) is 5.95 Å². The first-order chi connectivity index (χ1) is 31.1.